The van der Waals surface area contributed by atoms with Crippen LogP contribution < -0.4 is 4.90 Å². The van der Waals surface area contributed by atoms with E-state index in [-0.39, 0.29) is 10.8 Å². The topological polar surface area (TPSA) is 29.3 Å². The average Bonchev–Trinajstić information content (AvgIpc) is 3.72. The SMILES string of the molecule is CC1(C)c2ccccc2-c2c1ccc1c2C(C)(C)c2cc(N(c3cccc(-c4ccccn4)c3)c3cccc4c3oc3ccccc34)ccc2-1. The third-order valence-electron chi connectivity index (χ3n) is 11.3. The van der Waals surface area contributed by atoms with E-state index in [1.54, 1.807) is 0 Å². The normalized spacial score (nSPS) is 14.7. The van der Waals surface area contributed by atoms with Gasteiger partial charge < -0.3 is 9.32 Å². The van der Waals surface area contributed by atoms with Crippen LogP contribution in [0.15, 0.2) is 150 Å². The summed E-state index contributed by atoms with van der Waals surface area (Å²) in [5.41, 5.74) is 17.7. The van der Waals surface area contributed by atoms with Crippen molar-refractivity contribution in [3.8, 4) is 33.5 Å². The van der Waals surface area contributed by atoms with Crippen molar-refractivity contribution in [1.82, 2.24) is 4.98 Å². The standard InChI is InChI=1S/C47H36N2O/c1-46(2)37-18-7-5-16-36(37)43-38(46)25-24-34-32-23-22-31(28-39(32)47(3,4)44(34)43)49(30-14-11-13-29(27-30)40-19-9-10-26-48-40)41-20-12-17-35-33-15-6-8-21-42(33)50-45(35)41/h5-28H,1-4H3. The van der Waals surface area contributed by atoms with Crippen LogP contribution in [0.5, 0.6) is 0 Å². The second kappa shape index (κ2) is 10.3. The highest BCUT2D eigenvalue weighted by Crippen LogP contribution is 2.59. The molecule has 0 saturated carbocycles. The van der Waals surface area contributed by atoms with Gasteiger partial charge in [-0.15, -0.1) is 0 Å². The van der Waals surface area contributed by atoms with E-state index in [4.69, 9.17) is 4.42 Å². The number of nitrogens with zero attached hydrogens (tertiary/aromatic N) is 2. The second-order valence-corrected chi connectivity index (χ2v) is 14.8. The zero-order valence-electron chi connectivity index (χ0n) is 28.7. The minimum atomic E-state index is -0.216. The molecular weight excluding hydrogens is 609 g/mol. The molecule has 2 aromatic heterocycles. The van der Waals surface area contributed by atoms with E-state index in [0.29, 0.717) is 0 Å². The Labute approximate surface area is 292 Å². The lowest BCUT2D eigenvalue weighted by Crippen LogP contribution is -2.19. The molecule has 0 unspecified atom stereocenters. The van der Waals surface area contributed by atoms with E-state index < -0.39 is 0 Å². The third-order valence-corrected chi connectivity index (χ3v) is 11.3. The molecule has 0 amide bonds. The zero-order chi connectivity index (χ0) is 33.8. The summed E-state index contributed by atoms with van der Waals surface area (Å²) in [7, 11) is 0. The first kappa shape index (κ1) is 29.0. The quantitative estimate of drug-likeness (QED) is 0.191. The van der Waals surface area contributed by atoms with Crippen LogP contribution in [-0.2, 0) is 10.8 Å². The van der Waals surface area contributed by atoms with Gasteiger partial charge in [0, 0.05) is 44.7 Å². The smallest absolute Gasteiger partial charge is 0.159 e. The summed E-state index contributed by atoms with van der Waals surface area (Å²) in [5, 5.41) is 2.23. The lowest BCUT2D eigenvalue weighted by molar-refractivity contribution is 0.647. The van der Waals surface area contributed by atoms with Gasteiger partial charge in [0.05, 0.1) is 11.4 Å². The number of para-hydroxylation sites is 2. The summed E-state index contributed by atoms with van der Waals surface area (Å²) in [6.45, 7) is 9.54. The molecule has 2 aliphatic rings. The van der Waals surface area contributed by atoms with E-state index in [0.717, 1.165) is 50.3 Å². The number of fused-ring (bicyclic) bond motifs is 10. The van der Waals surface area contributed by atoms with E-state index in [2.05, 4.69) is 159 Å². The summed E-state index contributed by atoms with van der Waals surface area (Å²) in [5.74, 6) is 0. The Morgan fingerprint density at radius 1 is 0.540 bits per heavy atom. The highest BCUT2D eigenvalue weighted by molar-refractivity contribution is 6.10. The summed E-state index contributed by atoms with van der Waals surface area (Å²) < 4.78 is 6.66. The van der Waals surface area contributed by atoms with Crippen LogP contribution in [0, 0.1) is 0 Å². The van der Waals surface area contributed by atoms with Crippen LogP contribution in [0.4, 0.5) is 17.1 Å². The molecule has 0 aliphatic heterocycles. The van der Waals surface area contributed by atoms with Gasteiger partial charge in [0.1, 0.15) is 5.58 Å². The zero-order valence-corrected chi connectivity index (χ0v) is 28.7. The maximum Gasteiger partial charge on any atom is 0.159 e. The van der Waals surface area contributed by atoms with Gasteiger partial charge in [-0.1, -0.05) is 119 Å². The minimum Gasteiger partial charge on any atom is -0.454 e. The van der Waals surface area contributed by atoms with Crippen LogP contribution in [-0.4, -0.2) is 4.98 Å². The molecule has 2 aliphatic carbocycles. The second-order valence-electron chi connectivity index (χ2n) is 14.8. The molecule has 8 aromatic rings. The van der Waals surface area contributed by atoms with Gasteiger partial charge in [-0.2, -0.15) is 0 Å². The lowest BCUT2D eigenvalue weighted by atomic mass is 9.77. The van der Waals surface area contributed by atoms with Crippen LogP contribution in [0.3, 0.4) is 0 Å². The molecule has 6 aromatic carbocycles. The van der Waals surface area contributed by atoms with Gasteiger partial charge in [-0.05, 0) is 93.0 Å². The van der Waals surface area contributed by atoms with Crippen molar-refractivity contribution in [2.24, 2.45) is 0 Å². The number of hydrogen-bond acceptors (Lipinski definition) is 3. The molecule has 0 radical (unpaired) electrons. The molecular formula is C47H36N2O. The van der Waals surface area contributed by atoms with E-state index in [1.165, 1.54) is 44.5 Å². The number of pyridine rings is 1. The van der Waals surface area contributed by atoms with Crippen molar-refractivity contribution < 1.29 is 4.42 Å². The number of anilines is 3. The molecule has 2 heterocycles. The molecule has 3 heteroatoms. The fourth-order valence-corrected chi connectivity index (χ4v) is 8.90. The van der Waals surface area contributed by atoms with Gasteiger partial charge in [-0.3, -0.25) is 4.98 Å². The summed E-state index contributed by atoms with van der Waals surface area (Å²) >= 11 is 0. The average molecular weight is 645 g/mol. The summed E-state index contributed by atoms with van der Waals surface area (Å²) in [6.07, 6.45) is 1.85. The largest absolute Gasteiger partial charge is 0.454 e. The van der Waals surface area contributed by atoms with Gasteiger partial charge in [-0.25, -0.2) is 0 Å². The monoisotopic (exact) mass is 644 g/mol. The Morgan fingerprint density at radius 2 is 1.30 bits per heavy atom. The highest BCUT2D eigenvalue weighted by Gasteiger charge is 2.44. The Bertz CT molecular complexity index is 2660. The van der Waals surface area contributed by atoms with E-state index in [9.17, 15) is 0 Å². The molecule has 50 heavy (non-hydrogen) atoms. The van der Waals surface area contributed by atoms with Crippen LogP contribution in [0.2, 0.25) is 0 Å². The highest BCUT2D eigenvalue weighted by atomic mass is 16.3. The van der Waals surface area contributed by atoms with Gasteiger partial charge in [0.25, 0.3) is 0 Å². The number of furan rings is 1. The lowest BCUT2D eigenvalue weighted by Gasteiger charge is -2.29. The minimum absolute atomic E-state index is 0.0440. The predicted octanol–water partition coefficient (Wildman–Crippen LogP) is 12.7. The number of hydrogen-bond donors (Lipinski definition) is 0. The first-order valence-electron chi connectivity index (χ1n) is 17.5. The van der Waals surface area contributed by atoms with Crippen molar-refractivity contribution in [3.05, 3.63) is 168 Å². The predicted molar refractivity (Wildman–Crippen MR) is 207 cm³/mol. The summed E-state index contributed by atoms with van der Waals surface area (Å²) in [4.78, 5) is 7.04. The van der Waals surface area contributed by atoms with Gasteiger partial charge >= 0.3 is 0 Å². The molecule has 0 atom stereocenters. The third kappa shape index (κ3) is 3.95. The van der Waals surface area contributed by atoms with Crippen LogP contribution >= 0.6 is 0 Å². The van der Waals surface area contributed by atoms with E-state index >= 15 is 0 Å². The molecule has 3 nitrogen and oxygen atoms in total. The van der Waals surface area contributed by atoms with Crippen molar-refractivity contribution in [2.75, 3.05) is 4.90 Å². The fraction of sp³-hybridized carbons (Fsp3) is 0.128. The van der Waals surface area contributed by atoms with Crippen molar-refractivity contribution in [1.29, 1.82) is 0 Å². The maximum absolute atomic E-state index is 6.66. The van der Waals surface area contributed by atoms with Crippen molar-refractivity contribution >= 4 is 39.0 Å². The molecule has 0 saturated heterocycles. The molecule has 0 spiro atoms. The first-order valence-corrected chi connectivity index (χ1v) is 17.5. The Kier molecular flexibility index (Phi) is 5.97. The van der Waals surface area contributed by atoms with Crippen LogP contribution in [0.1, 0.15) is 49.9 Å². The molecule has 0 bridgehead atoms. The van der Waals surface area contributed by atoms with Crippen LogP contribution in [0.25, 0.3) is 55.4 Å². The Balaban J connectivity index is 1.20. The van der Waals surface area contributed by atoms with Crippen molar-refractivity contribution in [2.45, 2.75) is 38.5 Å². The summed E-state index contributed by atoms with van der Waals surface area (Å²) in [6, 6.07) is 50.3. The van der Waals surface area contributed by atoms with Gasteiger partial charge in [0.15, 0.2) is 5.58 Å². The Morgan fingerprint density at radius 3 is 2.18 bits per heavy atom. The molecule has 10 rings (SSSR count). The maximum atomic E-state index is 6.66. The fourth-order valence-electron chi connectivity index (χ4n) is 8.90. The number of aromatic nitrogens is 1. The number of benzene rings is 6. The first-order chi connectivity index (χ1) is 24.3. The number of rotatable bonds is 4. The molecule has 0 N–H and O–H groups in total. The van der Waals surface area contributed by atoms with E-state index in [1.807, 2.05) is 24.4 Å². The Hall–Kier alpha value is -5.93. The van der Waals surface area contributed by atoms with Gasteiger partial charge in [0.2, 0.25) is 0 Å². The molecule has 240 valence electrons. The van der Waals surface area contributed by atoms with Crippen molar-refractivity contribution in [3.63, 3.8) is 0 Å². The molecule has 0 fully saturated rings.